The van der Waals surface area contributed by atoms with Gasteiger partial charge in [-0.25, -0.2) is 4.39 Å². The van der Waals surface area contributed by atoms with E-state index in [0.29, 0.717) is 13.0 Å². The van der Waals surface area contributed by atoms with Crippen molar-refractivity contribution in [3.8, 4) is 0 Å². The summed E-state index contributed by atoms with van der Waals surface area (Å²) >= 11 is 1.53. The van der Waals surface area contributed by atoms with E-state index < -0.39 is 17.7 Å². The Morgan fingerprint density at radius 2 is 1.96 bits per heavy atom. The number of aliphatic hydroxyl groups excluding tert-OH is 1. The van der Waals surface area contributed by atoms with Gasteiger partial charge in [-0.3, -0.25) is 9.69 Å². The fourth-order valence-corrected chi connectivity index (χ4v) is 4.64. The summed E-state index contributed by atoms with van der Waals surface area (Å²) in [5.74, 6) is -1.32. The minimum Gasteiger partial charge on any atom is -0.480 e. The number of carboxylic acids is 1. The molecule has 0 amide bonds. The number of halogens is 1. The molecule has 134 valence electrons. The fourth-order valence-electron chi connectivity index (χ4n) is 3.67. The van der Waals surface area contributed by atoms with Crippen molar-refractivity contribution in [2.45, 2.75) is 24.6 Å². The average Bonchev–Trinajstić information content (AvgIpc) is 3.04. The molecule has 2 unspecified atom stereocenters. The molecule has 1 saturated heterocycles. The predicted octanol–water partition coefficient (Wildman–Crippen LogP) is 3.80. The van der Waals surface area contributed by atoms with Gasteiger partial charge in [-0.2, -0.15) is 0 Å². The number of likely N-dealkylation sites (tertiary alicyclic amines) is 1. The van der Waals surface area contributed by atoms with E-state index in [2.05, 4.69) is 0 Å². The Kier molecular flexibility index (Phi) is 4.26. The van der Waals surface area contributed by atoms with E-state index >= 15 is 0 Å². The molecule has 2 N–H and O–H groups in total. The van der Waals surface area contributed by atoms with Crippen molar-refractivity contribution in [2.75, 3.05) is 6.54 Å². The largest absolute Gasteiger partial charge is 0.480 e. The number of hydrogen-bond donors (Lipinski definition) is 2. The minimum atomic E-state index is -1.18. The highest BCUT2D eigenvalue weighted by molar-refractivity contribution is 7.17. The Balaban J connectivity index is 1.66. The van der Waals surface area contributed by atoms with Gasteiger partial charge in [0.1, 0.15) is 17.6 Å². The van der Waals surface area contributed by atoms with Gasteiger partial charge in [0, 0.05) is 23.2 Å². The monoisotopic (exact) mass is 371 g/mol. The van der Waals surface area contributed by atoms with Gasteiger partial charge < -0.3 is 10.2 Å². The summed E-state index contributed by atoms with van der Waals surface area (Å²) in [6.45, 7) is 0.499. The summed E-state index contributed by atoms with van der Waals surface area (Å²) in [6, 6.07) is 13.6. The molecule has 4 nitrogen and oxygen atoms in total. The predicted molar refractivity (Wildman–Crippen MR) is 98.6 cm³/mol. The van der Waals surface area contributed by atoms with Gasteiger partial charge in [-0.05, 0) is 40.9 Å². The highest BCUT2D eigenvalue weighted by Gasteiger charge is 2.54. The molecule has 0 radical (unpaired) electrons. The maximum absolute atomic E-state index is 13.1. The van der Waals surface area contributed by atoms with Gasteiger partial charge >= 0.3 is 5.97 Å². The van der Waals surface area contributed by atoms with Crippen LogP contribution in [0, 0.1) is 5.82 Å². The van der Waals surface area contributed by atoms with E-state index in [-0.39, 0.29) is 12.2 Å². The van der Waals surface area contributed by atoms with Crippen molar-refractivity contribution >= 4 is 27.4 Å². The number of benzene rings is 2. The standard InChI is InChI=1S/C20H18FNO3S/c21-14-7-5-13(6-8-14)11-20(19(24)25)9-10-22(20)18(23)16-12-26-17-4-2-1-3-15(16)17/h1-8,12,18,23H,9-11H2,(H,24,25). The lowest BCUT2D eigenvalue weighted by atomic mass is 9.78. The molecule has 1 aliphatic rings. The lowest BCUT2D eigenvalue weighted by Crippen LogP contribution is -2.66. The number of aliphatic hydroxyl groups is 1. The van der Waals surface area contributed by atoms with E-state index in [0.717, 1.165) is 21.2 Å². The van der Waals surface area contributed by atoms with Crippen LogP contribution in [0.4, 0.5) is 4.39 Å². The first-order valence-corrected chi connectivity index (χ1v) is 9.28. The van der Waals surface area contributed by atoms with Gasteiger partial charge in [0.15, 0.2) is 0 Å². The van der Waals surface area contributed by atoms with Crippen LogP contribution in [0.5, 0.6) is 0 Å². The highest BCUT2D eigenvalue weighted by Crippen LogP contribution is 2.42. The van der Waals surface area contributed by atoms with Gasteiger partial charge in [0.05, 0.1) is 0 Å². The number of nitrogens with zero attached hydrogens (tertiary/aromatic N) is 1. The van der Waals surface area contributed by atoms with Gasteiger partial charge in [0.2, 0.25) is 0 Å². The third-order valence-corrected chi connectivity index (χ3v) is 6.19. The van der Waals surface area contributed by atoms with E-state index in [1.54, 1.807) is 17.0 Å². The van der Waals surface area contributed by atoms with E-state index in [4.69, 9.17) is 0 Å². The molecule has 2 aromatic carbocycles. The lowest BCUT2D eigenvalue weighted by Gasteiger charge is -2.51. The summed E-state index contributed by atoms with van der Waals surface area (Å²) in [5.41, 5.74) is 0.288. The molecule has 1 aromatic heterocycles. The molecular formula is C20H18FNO3S. The topological polar surface area (TPSA) is 60.8 Å². The smallest absolute Gasteiger partial charge is 0.324 e. The first kappa shape index (κ1) is 17.1. The van der Waals surface area contributed by atoms with Crippen molar-refractivity contribution < 1.29 is 19.4 Å². The molecule has 4 rings (SSSR count). The quantitative estimate of drug-likeness (QED) is 0.716. The zero-order chi connectivity index (χ0) is 18.3. The van der Waals surface area contributed by atoms with Gasteiger partial charge in [-0.15, -0.1) is 11.3 Å². The average molecular weight is 371 g/mol. The molecule has 26 heavy (non-hydrogen) atoms. The summed E-state index contributed by atoms with van der Waals surface area (Å²) in [7, 11) is 0. The molecule has 0 spiro atoms. The molecular weight excluding hydrogens is 353 g/mol. The summed E-state index contributed by atoms with van der Waals surface area (Å²) in [6.07, 6.45) is -0.322. The third kappa shape index (κ3) is 2.70. The van der Waals surface area contributed by atoms with Crippen LogP contribution < -0.4 is 0 Å². The second-order valence-electron chi connectivity index (χ2n) is 6.64. The maximum Gasteiger partial charge on any atom is 0.324 e. The second kappa shape index (κ2) is 6.46. The Morgan fingerprint density at radius 3 is 2.62 bits per heavy atom. The van der Waals surface area contributed by atoms with Crippen molar-refractivity contribution in [1.29, 1.82) is 0 Å². The first-order chi connectivity index (χ1) is 12.5. The van der Waals surface area contributed by atoms with E-state index in [1.165, 1.54) is 23.5 Å². The number of carboxylic acid groups (broad SMARTS) is 1. The summed E-state index contributed by atoms with van der Waals surface area (Å²) in [4.78, 5) is 13.7. The Labute approximate surface area is 154 Å². The number of thiophene rings is 1. The zero-order valence-electron chi connectivity index (χ0n) is 13.9. The van der Waals surface area contributed by atoms with Gasteiger partial charge in [-0.1, -0.05) is 30.3 Å². The van der Waals surface area contributed by atoms with Crippen LogP contribution in [-0.2, 0) is 11.2 Å². The zero-order valence-corrected chi connectivity index (χ0v) is 14.7. The number of hydrogen-bond acceptors (Lipinski definition) is 4. The molecule has 1 fully saturated rings. The maximum atomic E-state index is 13.1. The molecule has 0 bridgehead atoms. The van der Waals surface area contributed by atoms with Crippen molar-refractivity contribution in [2.24, 2.45) is 0 Å². The Bertz CT molecular complexity index is 955. The first-order valence-electron chi connectivity index (χ1n) is 8.40. The molecule has 6 heteroatoms. The van der Waals surface area contributed by atoms with Crippen LogP contribution in [0.1, 0.15) is 23.8 Å². The van der Waals surface area contributed by atoms with Crippen LogP contribution in [0.15, 0.2) is 53.9 Å². The number of carbonyl (C=O) groups is 1. The third-order valence-electron chi connectivity index (χ3n) is 5.21. The van der Waals surface area contributed by atoms with Crippen LogP contribution in [-0.4, -0.2) is 33.2 Å². The SMILES string of the molecule is O=C(O)C1(Cc2ccc(F)cc2)CCN1C(O)c1csc2ccccc12. The normalized spacial score (nSPS) is 21.5. The number of aliphatic carboxylic acids is 1. The fraction of sp³-hybridized carbons (Fsp3) is 0.250. The number of fused-ring (bicyclic) bond motifs is 1. The van der Waals surface area contributed by atoms with Crippen molar-refractivity contribution in [1.82, 2.24) is 4.90 Å². The Hall–Kier alpha value is -2.28. The second-order valence-corrected chi connectivity index (χ2v) is 7.56. The van der Waals surface area contributed by atoms with Crippen LogP contribution in [0.3, 0.4) is 0 Å². The number of rotatable bonds is 5. The van der Waals surface area contributed by atoms with Crippen molar-refractivity contribution in [3.63, 3.8) is 0 Å². The van der Waals surface area contributed by atoms with Crippen molar-refractivity contribution in [3.05, 3.63) is 70.9 Å². The molecule has 2 heterocycles. The summed E-state index contributed by atoms with van der Waals surface area (Å²) in [5, 5.41) is 23.7. The molecule has 3 aromatic rings. The highest BCUT2D eigenvalue weighted by atomic mass is 32.1. The van der Waals surface area contributed by atoms with E-state index in [9.17, 15) is 19.4 Å². The van der Waals surface area contributed by atoms with Crippen LogP contribution in [0.2, 0.25) is 0 Å². The van der Waals surface area contributed by atoms with Gasteiger partial charge in [0.25, 0.3) is 0 Å². The molecule has 0 aliphatic carbocycles. The Morgan fingerprint density at radius 1 is 1.23 bits per heavy atom. The van der Waals surface area contributed by atoms with Crippen LogP contribution in [0.25, 0.3) is 10.1 Å². The molecule has 0 saturated carbocycles. The summed E-state index contributed by atoms with van der Waals surface area (Å²) < 4.78 is 14.2. The lowest BCUT2D eigenvalue weighted by molar-refractivity contribution is -0.182. The van der Waals surface area contributed by atoms with E-state index in [1.807, 2.05) is 29.6 Å². The molecule has 1 aliphatic heterocycles. The molecule has 2 atom stereocenters. The van der Waals surface area contributed by atoms with Crippen LogP contribution >= 0.6 is 11.3 Å². The minimum absolute atomic E-state index is 0.224.